The lowest BCUT2D eigenvalue weighted by Crippen LogP contribution is -2.38. The van der Waals surface area contributed by atoms with Gasteiger partial charge in [0.1, 0.15) is 25.0 Å². The normalized spacial score (nSPS) is 20.2. The summed E-state index contributed by atoms with van der Waals surface area (Å²) in [5.74, 6) is -1.73. The van der Waals surface area contributed by atoms with Crippen LogP contribution in [0.4, 0.5) is 11.4 Å². The average Bonchev–Trinajstić information content (AvgIpc) is 3.54. The molecule has 2 heterocycles. The third kappa shape index (κ3) is 3.78. The minimum atomic E-state index is -0.522. The van der Waals surface area contributed by atoms with Crippen LogP contribution < -0.4 is 10.6 Å². The summed E-state index contributed by atoms with van der Waals surface area (Å²) in [6, 6.07) is 5.97. The van der Waals surface area contributed by atoms with E-state index < -0.39 is 11.6 Å². The number of fused-ring (bicyclic) bond motifs is 2. The second-order valence-electron chi connectivity index (χ2n) is 8.76. The standard InChI is InChI=1S/C24H28N4O6/c1-13(27-7-9-33-11-27)25-15-3-4-16(26-14(2)28-8-10-34-12-28)20-19(15)23(31)21-17(29)5-6-18(30)22(21)24(20)32/h3-6,13-14,25-26,29-30H,7-12H2,1-2H3. The fourth-order valence-electron chi connectivity index (χ4n) is 4.71. The van der Waals surface area contributed by atoms with Gasteiger partial charge in [-0.2, -0.15) is 0 Å². The number of nitrogens with zero attached hydrogens (tertiary/aromatic N) is 2. The third-order valence-electron chi connectivity index (χ3n) is 6.66. The maximum absolute atomic E-state index is 13.7. The highest BCUT2D eigenvalue weighted by Crippen LogP contribution is 2.42. The van der Waals surface area contributed by atoms with Crippen LogP contribution in [0.15, 0.2) is 24.3 Å². The molecule has 180 valence electrons. The number of anilines is 2. The topological polar surface area (TPSA) is 124 Å². The van der Waals surface area contributed by atoms with Crippen LogP contribution in [0.5, 0.6) is 11.5 Å². The van der Waals surface area contributed by atoms with Gasteiger partial charge in [-0.05, 0) is 38.1 Å². The molecule has 34 heavy (non-hydrogen) atoms. The zero-order chi connectivity index (χ0) is 24.0. The van der Waals surface area contributed by atoms with Gasteiger partial charge in [0.2, 0.25) is 11.6 Å². The minimum Gasteiger partial charge on any atom is -0.507 e. The molecule has 0 spiro atoms. The first-order valence-corrected chi connectivity index (χ1v) is 11.3. The predicted molar refractivity (Wildman–Crippen MR) is 124 cm³/mol. The molecule has 2 fully saturated rings. The van der Waals surface area contributed by atoms with Gasteiger partial charge in [-0.15, -0.1) is 0 Å². The molecule has 0 saturated carbocycles. The van der Waals surface area contributed by atoms with Crippen LogP contribution in [0, 0.1) is 0 Å². The molecule has 3 aliphatic rings. The molecule has 2 saturated heterocycles. The number of hydrogen-bond donors (Lipinski definition) is 4. The molecule has 4 N–H and O–H groups in total. The van der Waals surface area contributed by atoms with E-state index in [1.165, 1.54) is 12.1 Å². The van der Waals surface area contributed by atoms with Crippen LogP contribution in [0.2, 0.25) is 0 Å². The fourth-order valence-corrected chi connectivity index (χ4v) is 4.71. The monoisotopic (exact) mass is 468 g/mol. The lowest BCUT2D eigenvalue weighted by atomic mass is 9.81. The van der Waals surface area contributed by atoms with Gasteiger partial charge in [-0.25, -0.2) is 0 Å². The number of nitrogens with one attached hydrogen (secondary N) is 2. The van der Waals surface area contributed by atoms with Crippen molar-refractivity contribution in [3.05, 3.63) is 46.5 Å². The molecule has 0 radical (unpaired) electrons. The van der Waals surface area contributed by atoms with Crippen LogP contribution in [0.25, 0.3) is 0 Å². The van der Waals surface area contributed by atoms with Gasteiger partial charge in [-0.3, -0.25) is 19.4 Å². The molecule has 0 bridgehead atoms. The number of hydrogen-bond acceptors (Lipinski definition) is 10. The number of carbonyl (C=O) groups excluding carboxylic acids is 2. The van der Waals surface area contributed by atoms with E-state index in [4.69, 9.17) is 9.47 Å². The van der Waals surface area contributed by atoms with Crippen molar-refractivity contribution in [2.24, 2.45) is 0 Å². The minimum absolute atomic E-state index is 0.159. The van der Waals surface area contributed by atoms with Gasteiger partial charge in [-0.1, -0.05) is 0 Å². The van der Waals surface area contributed by atoms with E-state index in [-0.39, 0.29) is 46.1 Å². The smallest absolute Gasteiger partial charge is 0.200 e. The van der Waals surface area contributed by atoms with Crippen LogP contribution in [-0.2, 0) is 9.47 Å². The molecule has 1 aliphatic carbocycles. The highest BCUT2D eigenvalue weighted by atomic mass is 16.5. The van der Waals surface area contributed by atoms with Gasteiger partial charge in [0.25, 0.3) is 0 Å². The summed E-state index contributed by atoms with van der Waals surface area (Å²) >= 11 is 0. The third-order valence-corrected chi connectivity index (χ3v) is 6.66. The number of ether oxygens (including phenoxy) is 2. The lowest BCUT2D eigenvalue weighted by molar-refractivity contribution is 0.0974. The SMILES string of the molecule is CC(Nc1ccc(NC(C)N2CCOC2)c2c1C(=O)c1c(O)ccc(O)c1C2=O)N1CCOC1. The maximum Gasteiger partial charge on any atom is 0.200 e. The van der Waals surface area contributed by atoms with Crippen LogP contribution in [0.1, 0.15) is 45.7 Å². The molecule has 2 aromatic rings. The molecule has 2 aliphatic heterocycles. The van der Waals surface area contributed by atoms with Crippen LogP contribution in [-0.4, -0.2) is 83.7 Å². The summed E-state index contributed by atoms with van der Waals surface area (Å²) in [7, 11) is 0. The van der Waals surface area contributed by atoms with E-state index in [1.54, 1.807) is 12.1 Å². The van der Waals surface area contributed by atoms with Crippen molar-refractivity contribution in [1.82, 2.24) is 9.80 Å². The molecule has 2 atom stereocenters. The summed E-state index contributed by atoms with van der Waals surface area (Å²) < 4.78 is 10.9. The average molecular weight is 469 g/mol. The second-order valence-corrected chi connectivity index (χ2v) is 8.76. The summed E-state index contributed by atoms with van der Waals surface area (Å²) in [6.45, 7) is 7.59. The molecular weight excluding hydrogens is 440 g/mol. The van der Waals surface area contributed by atoms with Gasteiger partial charge in [0.05, 0.1) is 47.8 Å². The molecule has 5 rings (SSSR count). The fraction of sp³-hybridized carbons (Fsp3) is 0.417. The van der Waals surface area contributed by atoms with Crippen molar-refractivity contribution in [3.8, 4) is 11.5 Å². The summed E-state index contributed by atoms with van der Waals surface area (Å²) in [5.41, 5.74) is 0.917. The van der Waals surface area contributed by atoms with Crippen LogP contribution >= 0.6 is 0 Å². The Morgan fingerprint density at radius 1 is 0.735 bits per heavy atom. The summed E-state index contributed by atoms with van der Waals surface area (Å²) in [4.78, 5) is 31.5. The molecule has 2 unspecified atom stereocenters. The molecule has 10 heteroatoms. The Labute approximate surface area is 197 Å². The molecule has 0 aromatic heterocycles. The zero-order valence-corrected chi connectivity index (χ0v) is 19.1. The Kier molecular flexibility index (Phi) is 5.90. The number of ketones is 2. The quantitative estimate of drug-likeness (QED) is 0.399. The Bertz CT molecular complexity index is 1050. The first-order valence-electron chi connectivity index (χ1n) is 11.3. The number of aromatic hydroxyl groups is 2. The van der Waals surface area contributed by atoms with Crippen molar-refractivity contribution in [1.29, 1.82) is 0 Å². The summed E-state index contributed by atoms with van der Waals surface area (Å²) in [5, 5.41) is 27.5. The van der Waals surface area contributed by atoms with Crippen molar-refractivity contribution < 1.29 is 29.3 Å². The van der Waals surface area contributed by atoms with Gasteiger partial charge in [0, 0.05) is 24.5 Å². The largest absolute Gasteiger partial charge is 0.507 e. The number of rotatable bonds is 6. The highest BCUT2D eigenvalue weighted by Gasteiger charge is 2.38. The maximum atomic E-state index is 13.7. The summed E-state index contributed by atoms with van der Waals surface area (Å²) in [6.07, 6.45) is -0.318. The van der Waals surface area contributed by atoms with E-state index in [9.17, 15) is 19.8 Å². The molecule has 0 amide bonds. The molecule has 10 nitrogen and oxygen atoms in total. The van der Waals surface area contributed by atoms with Gasteiger partial charge < -0.3 is 30.3 Å². The predicted octanol–water partition coefficient (Wildman–Crippen LogP) is 1.97. The number of phenols is 2. The second kappa shape index (κ2) is 8.88. The van der Waals surface area contributed by atoms with Gasteiger partial charge in [0.15, 0.2) is 0 Å². The Balaban J connectivity index is 1.60. The Morgan fingerprint density at radius 2 is 1.15 bits per heavy atom. The Hall–Kier alpha value is -3.18. The molecular formula is C24H28N4O6. The highest BCUT2D eigenvalue weighted by molar-refractivity contribution is 6.33. The van der Waals surface area contributed by atoms with E-state index in [0.717, 1.165) is 13.1 Å². The first-order chi connectivity index (χ1) is 16.4. The molecule has 2 aromatic carbocycles. The van der Waals surface area contributed by atoms with Crippen molar-refractivity contribution >= 4 is 22.9 Å². The Morgan fingerprint density at radius 3 is 1.50 bits per heavy atom. The van der Waals surface area contributed by atoms with E-state index in [1.807, 2.05) is 13.8 Å². The van der Waals surface area contributed by atoms with E-state index in [2.05, 4.69) is 20.4 Å². The van der Waals surface area contributed by atoms with E-state index >= 15 is 0 Å². The number of benzene rings is 2. The number of carbonyl (C=O) groups is 2. The first kappa shape index (κ1) is 22.6. The van der Waals surface area contributed by atoms with Crippen molar-refractivity contribution in [3.63, 3.8) is 0 Å². The number of phenolic OH excluding ortho intramolecular Hbond substituents is 2. The zero-order valence-electron chi connectivity index (χ0n) is 19.1. The van der Waals surface area contributed by atoms with Crippen molar-refractivity contribution in [2.45, 2.75) is 26.2 Å². The van der Waals surface area contributed by atoms with Crippen molar-refractivity contribution in [2.75, 3.05) is 50.4 Å². The van der Waals surface area contributed by atoms with Crippen LogP contribution in [0.3, 0.4) is 0 Å². The lowest BCUT2D eigenvalue weighted by Gasteiger charge is -2.30. The van der Waals surface area contributed by atoms with Gasteiger partial charge >= 0.3 is 0 Å². The van der Waals surface area contributed by atoms with E-state index in [0.29, 0.717) is 38.1 Å².